The number of nitrogens with zero attached hydrogens (tertiary/aromatic N) is 3. The van der Waals surface area contributed by atoms with Gasteiger partial charge >= 0.3 is 0 Å². The summed E-state index contributed by atoms with van der Waals surface area (Å²) in [5.41, 5.74) is 0.981. The van der Waals surface area contributed by atoms with E-state index in [1.807, 2.05) is 37.3 Å². The van der Waals surface area contributed by atoms with Crippen LogP contribution in [0.5, 0.6) is 0 Å². The van der Waals surface area contributed by atoms with Crippen LogP contribution >= 0.6 is 11.6 Å². The van der Waals surface area contributed by atoms with Gasteiger partial charge in [0.25, 0.3) is 0 Å². The molecular weight excluding hydrogens is 486 g/mol. The molecule has 0 N–H and O–H groups in total. The van der Waals surface area contributed by atoms with Gasteiger partial charge in [-0.1, -0.05) is 55.5 Å². The van der Waals surface area contributed by atoms with Gasteiger partial charge in [-0.05, 0) is 37.0 Å². The van der Waals surface area contributed by atoms with E-state index in [0.717, 1.165) is 5.56 Å². The molecule has 0 bridgehead atoms. The molecule has 2 aromatic carbocycles. The Morgan fingerprint density at radius 3 is 2.17 bits per heavy atom. The van der Waals surface area contributed by atoms with Crippen LogP contribution in [0.3, 0.4) is 0 Å². The molecule has 0 aromatic heterocycles. The lowest BCUT2D eigenvalue weighted by molar-refractivity contribution is -0.137. The van der Waals surface area contributed by atoms with Gasteiger partial charge in [-0.2, -0.15) is 4.31 Å². The zero-order valence-electron chi connectivity index (χ0n) is 20.2. The molecule has 1 fully saturated rings. The lowest BCUT2D eigenvalue weighted by Crippen LogP contribution is -2.51. The number of halogens is 1. The van der Waals surface area contributed by atoms with Crippen molar-refractivity contribution in [3.05, 3.63) is 66.2 Å². The van der Waals surface area contributed by atoms with E-state index < -0.39 is 10.0 Å². The van der Waals surface area contributed by atoms with Gasteiger partial charge in [0, 0.05) is 44.5 Å². The quantitative estimate of drug-likeness (QED) is 0.424. The van der Waals surface area contributed by atoms with E-state index in [-0.39, 0.29) is 35.8 Å². The van der Waals surface area contributed by atoms with E-state index in [4.69, 9.17) is 11.6 Å². The van der Waals surface area contributed by atoms with Crippen LogP contribution in [0, 0.1) is 0 Å². The van der Waals surface area contributed by atoms with Crippen LogP contribution in [0.15, 0.2) is 65.6 Å². The van der Waals surface area contributed by atoms with E-state index in [1.54, 1.807) is 40.1 Å². The third-order valence-corrected chi connectivity index (χ3v) is 8.30. The summed E-state index contributed by atoms with van der Waals surface area (Å²) in [6, 6.07) is 17.9. The Hall–Kier alpha value is -2.42. The molecule has 35 heavy (non-hydrogen) atoms. The number of likely N-dealkylation sites (tertiary alicyclic amines) is 1. The molecule has 3 rings (SSSR count). The standard InChI is InChI=1S/C26H34ClN3O4S/c1-2-17-29(35(33,34)24-11-7-4-8-12-24)21-26(32)30(20-22-9-5-3-6-10-22)23-14-18-28(19-15-23)25(31)13-16-27/h3-12,23H,2,13-21H2,1H3. The Morgan fingerprint density at radius 1 is 1.00 bits per heavy atom. The third kappa shape index (κ3) is 7.29. The fourth-order valence-electron chi connectivity index (χ4n) is 4.38. The van der Waals surface area contributed by atoms with Crippen molar-refractivity contribution < 1.29 is 18.0 Å². The molecule has 0 saturated carbocycles. The summed E-state index contributed by atoms with van der Waals surface area (Å²) in [6.45, 7) is 3.44. The minimum absolute atomic E-state index is 0.0301. The van der Waals surface area contributed by atoms with Crippen molar-refractivity contribution in [2.24, 2.45) is 0 Å². The number of benzene rings is 2. The zero-order valence-corrected chi connectivity index (χ0v) is 21.8. The molecule has 1 aliphatic rings. The topological polar surface area (TPSA) is 78.0 Å². The predicted octanol–water partition coefficient (Wildman–Crippen LogP) is 3.74. The summed E-state index contributed by atoms with van der Waals surface area (Å²) in [7, 11) is -3.80. The van der Waals surface area contributed by atoms with Crippen molar-refractivity contribution in [1.82, 2.24) is 14.1 Å². The molecule has 190 valence electrons. The fraction of sp³-hybridized carbons (Fsp3) is 0.462. The minimum atomic E-state index is -3.80. The van der Waals surface area contributed by atoms with Crippen LogP contribution in [-0.4, -0.2) is 72.4 Å². The fourth-order valence-corrected chi connectivity index (χ4v) is 6.05. The van der Waals surface area contributed by atoms with Crippen molar-refractivity contribution in [1.29, 1.82) is 0 Å². The predicted molar refractivity (Wildman–Crippen MR) is 137 cm³/mol. The number of hydrogen-bond donors (Lipinski definition) is 0. The van der Waals surface area contributed by atoms with Crippen LogP contribution < -0.4 is 0 Å². The molecule has 1 heterocycles. The maximum Gasteiger partial charge on any atom is 0.243 e. The van der Waals surface area contributed by atoms with Crippen molar-refractivity contribution in [3.8, 4) is 0 Å². The van der Waals surface area contributed by atoms with Gasteiger partial charge in [0.2, 0.25) is 21.8 Å². The smallest absolute Gasteiger partial charge is 0.243 e. The maximum atomic E-state index is 13.6. The second-order valence-electron chi connectivity index (χ2n) is 8.71. The van der Waals surface area contributed by atoms with Gasteiger partial charge < -0.3 is 9.80 Å². The molecule has 0 unspecified atom stereocenters. The summed E-state index contributed by atoms with van der Waals surface area (Å²) >= 11 is 5.73. The number of rotatable bonds is 11. The molecular formula is C26H34ClN3O4S. The van der Waals surface area contributed by atoms with Crippen LogP contribution in [0.1, 0.15) is 38.2 Å². The monoisotopic (exact) mass is 519 g/mol. The first-order valence-electron chi connectivity index (χ1n) is 12.1. The largest absolute Gasteiger partial charge is 0.343 e. The van der Waals surface area contributed by atoms with Crippen molar-refractivity contribution in [2.45, 2.75) is 50.1 Å². The highest BCUT2D eigenvalue weighted by molar-refractivity contribution is 7.89. The number of piperidine rings is 1. The molecule has 0 radical (unpaired) electrons. The molecule has 0 atom stereocenters. The Morgan fingerprint density at radius 2 is 1.60 bits per heavy atom. The zero-order chi connectivity index (χ0) is 25.3. The lowest BCUT2D eigenvalue weighted by atomic mass is 10.0. The molecule has 7 nitrogen and oxygen atoms in total. The van der Waals surface area contributed by atoms with E-state index in [1.165, 1.54) is 4.31 Å². The number of sulfonamides is 1. The molecule has 1 saturated heterocycles. The molecule has 2 amide bonds. The third-order valence-electron chi connectivity index (χ3n) is 6.25. The first kappa shape index (κ1) is 27.2. The Kier molecular flexibility index (Phi) is 10.1. The van der Waals surface area contributed by atoms with Crippen molar-refractivity contribution in [3.63, 3.8) is 0 Å². The van der Waals surface area contributed by atoms with Gasteiger partial charge in [0.05, 0.1) is 11.4 Å². The summed E-state index contributed by atoms with van der Waals surface area (Å²) in [5, 5.41) is 0. The van der Waals surface area contributed by atoms with Gasteiger partial charge in [-0.25, -0.2) is 8.42 Å². The molecule has 2 aromatic rings. The second kappa shape index (κ2) is 13.0. The normalized spacial score (nSPS) is 14.8. The first-order valence-corrected chi connectivity index (χ1v) is 14.1. The van der Waals surface area contributed by atoms with E-state index >= 15 is 0 Å². The average Bonchev–Trinajstić information content (AvgIpc) is 2.88. The number of alkyl halides is 1. The first-order chi connectivity index (χ1) is 16.9. The van der Waals surface area contributed by atoms with Crippen LogP contribution in [-0.2, 0) is 26.2 Å². The van der Waals surface area contributed by atoms with Gasteiger partial charge in [0.15, 0.2) is 0 Å². The number of carbonyl (C=O) groups is 2. The van der Waals surface area contributed by atoms with Gasteiger partial charge in [0.1, 0.15) is 0 Å². The van der Waals surface area contributed by atoms with E-state index in [2.05, 4.69) is 0 Å². The van der Waals surface area contributed by atoms with E-state index in [0.29, 0.717) is 51.2 Å². The molecule has 1 aliphatic heterocycles. The lowest BCUT2D eigenvalue weighted by Gasteiger charge is -2.39. The maximum absolute atomic E-state index is 13.6. The Labute approximate surface area is 213 Å². The summed E-state index contributed by atoms with van der Waals surface area (Å²) in [6.07, 6.45) is 2.19. The summed E-state index contributed by atoms with van der Waals surface area (Å²) < 4.78 is 27.9. The number of amides is 2. The molecule has 0 spiro atoms. The van der Waals surface area contributed by atoms with Crippen molar-refractivity contribution >= 4 is 33.4 Å². The highest BCUT2D eigenvalue weighted by atomic mass is 35.5. The summed E-state index contributed by atoms with van der Waals surface area (Å²) in [5.74, 6) is 0.0929. The number of carbonyl (C=O) groups excluding carboxylic acids is 2. The van der Waals surface area contributed by atoms with Gasteiger partial charge in [-0.3, -0.25) is 9.59 Å². The van der Waals surface area contributed by atoms with Crippen molar-refractivity contribution in [2.75, 3.05) is 32.1 Å². The molecule has 9 heteroatoms. The van der Waals surface area contributed by atoms with Crippen LogP contribution in [0.4, 0.5) is 0 Å². The summed E-state index contributed by atoms with van der Waals surface area (Å²) in [4.78, 5) is 29.7. The van der Waals surface area contributed by atoms with E-state index in [9.17, 15) is 18.0 Å². The minimum Gasteiger partial charge on any atom is -0.343 e. The molecule has 0 aliphatic carbocycles. The van der Waals surface area contributed by atoms with Crippen LogP contribution in [0.2, 0.25) is 0 Å². The van der Waals surface area contributed by atoms with Gasteiger partial charge in [-0.15, -0.1) is 11.6 Å². The Balaban J connectivity index is 1.80. The Bertz CT molecular complexity index is 1060. The second-order valence-corrected chi connectivity index (χ2v) is 11.0. The SMILES string of the molecule is CCCN(CC(=O)N(Cc1ccccc1)C1CCN(C(=O)CCCl)CC1)S(=O)(=O)c1ccccc1. The van der Waals surface area contributed by atoms with Crippen LogP contribution in [0.25, 0.3) is 0 Å². The average molecular weight is 520 g/mol. The highest BCUT2D eigenvalue weighted by Gasteiger charge is 2.33. The highest BCUT2D eigenvalue weighted by Crippen LogP contribution is 2.22. The number of hydrogen-bond acceptors (Lipinski definition) is 4.